The van der Waals surface area contributed by atoms with Crippen LogP contribution in [0.4, 0.5) is 5.69 Å². The predicted molar refractivity (Wildman–Crippen MR) is 82.3 cm³/mol. The molecule has 1 fully saturated rings. The molecule has 3 nitrogen and oxygen atoms in total. The minimum atomic E-state index is 0.331. The molecule has 0 saturated heterocycles. The molecule has 0 radical (unpaired) electrons. The molecule has 104 valence electrons. The maximum atomic E-state index is 5.78. The van der Waals surface area contributed by atoms with Crippen LogP contribution >= 0.6 is 0 Å². The Balaban J connectivity index is 1.66. The quantitative estimate of drug-likeness (QED) is 0.847. The Morgan fingerprint density at radius 2 is 1.90 bits per heavy atom. The van der Waals surface area contributed by atoms with E-state index in [-0.39, 0.29) is 0 Å². The van der Waals surface area contributed by atoms with Crippen LogP contribution in [-0.2, 0) is 12.0 Å². The van der Waals surface area contributed by atoms with Crippen LogP contribution in [0.1, 0.15) is 24.1 Å². The molecule has 2 aromatic rings. The van der Waals surface area contributed by atoms with E-state index in [0.29, 0.717) is 5.41 Å². The Bertz CT molecular complexity index is 559. The maximum Gasteiger partial charge on any atom is 0.0543 e. The summed E-state index contributed by atoms with van der Waals surface area (Å²) in [6.45, 7) is 1.98. The van der Waals surface area contributed by atoms with Gasteiger partial charge in [-0.05, 0) is 49.7 Å². The van der Waals surface area contributed by atoms with Crippen molar-refractivity contribution in [2.24, 2.45) is 0 Å². The fraction of sp³-hybridized carbons (Fsp3) is 0.353. The van der Waals surface area contributed by atoms with Crippen LogP contribution in [0.3, 0.4) is 0 Å². The molecule has 1 aliphatic rings. The number of hydrogen-bond acceptors (Lipinski definition) is 3. The van der Waals surface area contributed by atoms with Crippen LogP contribution in [0, 0.1) is 0 Å². The monoisotopic (exact) mass is 267 g/mol. The first kappa shape index (κ1) is 13.1. The van der Waals surface area contributed by atoms with Gasteiger partial charge in [0.1, 0.15) is 0 Å². The molecule has 0 unspecified atom stereocenters. The third kappa shape index (κ3) is 2.83. The van der Waals surface area contributed by atoms with Gasteiger partial charge in [-0.15, -0.1) is 0 Å². The Hall–Kier alpha value is -1.87. The van der Waals surface area contributed by atoms with E-state index >= 15 is 0 Å². The van der Waals surface area contributed by atoms with Crippen molar-refractivity contribution < 1.29 is 0 Å². The Labute approximate surface area is 120 Å². The minimum Gasteiger partial charge on any atom is -0.399 e. The topological polar surface area (TPSA) is 42.2 Å². The molecule has 3 heteroatoms. The van der Waals surface area contributed by atoms with E-state index in [1.54, 1.807) is 0 Å². The summed E-state index contributed by atoms with van der Waals surface area (Å²) in [4.78, 5) is 6.76. The van der Waals surface area contributed by atoms with Crippen LogP contribution in [0.15, 0.2) is 48.7 Å². The molecule has 1 heterocycles. The number of likely N-dealkylation sites (N-methyl/N-ethyl adjacent to an activating group) is 1. The van der Waals surface area contributed by atoms with Gasteiger partial charge in [0.05, 0.1) is 5.69 Å². The van der Waals surface area contributed by atoms with E-state index < -0.39 is 0 Å². The number of nitrogens with zero attached hydrogens (tertiary/aromatic N) is 2. The summed E-state index contributed by atoms with van der Waals surface area (Å²) >= 11 is 0. The first-order valence-corrected chi connectivity index (χ1v) is 7.12. The average Bonchev–Trinajstić information content (AvgIpc) is 3.21. The predicted octanol–water partition coefficient (Wildman–Crippen LogP) is 2.83. The molecule has 0 aliphatic heterocycles. The highest BCUT2D eigenvalue weighted by Gasteiger charge is 2.44. The summed E-state index contributed by atoms with van der Waals surface area (Å²) in [5.74, 6) is 0. The SMILES string of the molecule is CN(Cc1ccccn1)CC1(c2ccc(N)cc2)CC1. The number of benzene rings is 1. The summed E-state index contributed by atoms with van der Waals surface area (Å²) in [5.41, 5.74) is 9.49. The van der Waals surface area contributed by atoms with Gasteiger partial charge in [-0.25, -0.2) is 0 Å². The van der Waals surface area contributed by atoms with Crippen molar-refractivity contribution in [2.45, 2.75) is 24.8 Å². The number of anilines is 1. The summed E-state index contributed by atoms with van der Waals surface area (Å²) < 4.78 is 0. The molecule has 0 bridgehead atoms. The molecule has 0 amide bonds. The number of aromatic nitrogens is 1. The van der Waals surface area contributed by atoms with Crippen molar-refractivity contribution in [3.63, 3.8) is 0 Å². The smallest absolute Gasteiger partial charge is 0.0543 e. The molecule has 2 N–H and O–H groups in total. The Morgan fingerprint density at radius 3 is 2.50 bits per heavy atom. The second-order valence-electron chi connectivity index (χ2n) is 5.90. The third-order valence-corrected chi connectivity index (χ3v) is 4.11. The van der Waals surface area contributed by atoms with E-state index in [1.165, 1.54) is 18.4 Å². The number of rotatable bonds is 5. The number of nitrogen functional groups attached to an aromatic ring is 1. The van der Waals surface area contributed by atoms with Gasteiger partial charge < -0.3 is 5.73 Å². The third-order valence-electron chi connectivity index (χ3n) is 4.11. The van der Waals surface area contributed by atoms with Crippen LogP contribution < -0.4 is 5.73 Å². The van der Waals surface area contributed by atoms with E-state index in [0.717, 1.165) is 24.5 Å². The van der Waals surface area contributed by atoms with Crippen molar-refractivity contribution in [2.75, 3.05) is 19.3 Å². The normalized spacial score (nSPS) is 16.3. The lowest BCUT2D eigenvalue weighted by Gasteiger charge is -2.24. The zero-order valence-corrected chi connectivity index (χ0v) is 11.9. The van der Waals surface area contributed by atoms with Crippen LogP contribution in [0.25, 0.3) is 0 Å². The summed E-state index contributed by atoms with van der Waals surface area (Å²) in [7, 11) is 2.17. The largest absolute Gasteiger partial charge is 0.399 e. The molecular formula is C17H21N3. The van der Waals surface area contributed by atoms with Gasteiger partial charge in [-0.2, -0.15) is 0 Å². The first-order valence-electron chi connectivity index (χ1n) is 7.12. The van der Waals surface area contributed by atoms with Crippen molar-refractivity contribution in [3.8, 4) is 0 Å². The van der Waals surface area contributed by atoms with Gasteiger partial charge in [-0.1, -0.05) is 18.2 Å². The van der Waals surface area contributed by atoms with Gasteiger partial charge in [0.2, 0.25) is 0 Å². The van der Waals surface area contributed by atoms with Gasteiger partial charge in [0.25, 0.3) is 0 Å². The van der Waals surface area contributed by atoms with E-state index in [2.05, 4.69) is 35.1 Å². The van der Waals surface area contributed by atoms with Gasteiger partial charge >= 0.3 is 0 Å². The van der Waals surface area contributed by atoms with Gasteiger partial charge in [0, 0.05) is 30.4 Å². The molecule has 3 rings (SSSR count). The zero-order valence-electron chi connectivity index (χ0n) is 11.9. The maximum absolute atomic E-state index is 5.78. The van der Waals surface area contributed by atoms with Gasteiger partial charge in [0.15, 0.2) is 0 Å². The lowest BCUT2D eigenvalue weighted by molar-refractivity contribution is 0.291. The van der Waals surface area contributed by atoms with Crippen LogP contribution in [0.5, 0.6) is 0 Å². The van der Waals surface area contributed by atoms with Crippen molar-refractivity contribution in [1.29, 1.82) is 0 Å². The number of nitrogens with two attached hydrogens (primary N) is 1. The molecular weight excluding hydrogens is 246 g/mol. The minimum absolute atomic E-state index is 0.331. The molecule has 0 atom stereocenters. The molecule has 1 aromatic heterocycles. The lowest BCUT2D eigenvalue weighted by Crippen LogP contribution is -2.29. The fourth-order valence-electron chi connectivity index (χ4n) is 2.87. The second kappa shape index (κ2) is 5.25. The molecule has 20 heavy (non-hydrogen) atoms. The standard InChI is InChI=1S/C17H21N3/c1-20(12-16-4-2-3-11-19-16)13-17(9-10-17)14-5-7-15(18)8-6-14/h2-8,11H,9-10,12-13,18H2,1H3. The fourth-order valence-corrected chi connectivity index (χ4v) is 2.87. The number of pyridine rings is 1. The van der Waals surface area contributed by atoms with Crippen LogP contribution in [0.2, 0.25) is 0 Å². The highest BCUT2D eigenvalue weighted by atomic mass is 15.1. The first-order chi connectivity index (χ1) is 9.68. The number of hydrogen-bond donors (Lipinski definition) is 1. The van der Waals surface area contributed by atoms with Crippen molar-refractivity contribution in [3.05, 3.63) is 59.9 Å². The zero-order chi connectivity index (χ0) is 14.0. The van der Waals surface area contributed by atoms with E-state index in [9.17, 15) is 0 Å². The highest BCUT2D eigenvalue weighted by molar-refractivity contribution is 5.43. The molecule has 1 saturated carbocycles. The van der Waals surface area contributed by atoms with Crippen molar-refractivity contribution >= 4 is 5.69 Å². The second-order valence-corrected chi connectivity index (χ2v) is 5.90. The lowest BCUT2D eigenvalue weighted by atomic mass is 9.95. The molecule has 1 aromatic carbocycles. The Kier molecular flexibility index (Phi) is 3.45. The summed E-state index contributed by atoms with van der Waals surface area (Å²) in [6, 6.07) is 14.5. The van der Waals surface area contributed by atoms with Crippen LogP contribution in [-0.4, -0.2) is 23.5 Å². The van der Waals surface area contributed by atoms with Gasteiger partial charge in [-0.3, -0.25) is 9.88 Å². The average molecular weight is 267 g/mol. The van der Waals surface area contributed by atoms with Crippen molar-refractivity contribution in [1.82, 2.24) is 9.88 Å². The summed E-state index contributed by atoms with van der Waals surface area (Å²) in [5, 5.41) is 0. The van der Waals surface area contributed by atoms with E-state index in [1.807, 2.05) is 30.5 Å². The molecule has 0 spiro atoms. The highest BCUT2D eigenvalue weighted by Crippen LogP contribution is 2.48. The van der Waals surface area contributed by atoms with E-state index in [4.69, 9.17) is 5.73 Å². The molecule has 1 aliphatic carbocycles. The summed E-state index contributed by atoms with van der Waals surface area (Å²) in [6.07, 6.45) is 4.39. The Morgan fingerprint density at radius 1 is 1.15 bits per heavy atom.